The van der Waals surface area contributed by atoms with Crippen LogP contribution in [0, 0.1) is 0 Å². The molecule has 0 radical (unpaired) electrons. The predicted molar refractivity (Wildman–Crippen MR) is 77.6 cm³/mol. The summed E-state index contributed by atoms with van der Waals surface area (Å²) in [5, 5.41) is 2.04. The number of aldehydes is 1. The van der Waals surface area contributed by atoms with Crippen LogP contribution in [0.4, 0.5) is 0 Å². The molecule has 4 heterocycles. The molecule has 0 aromatic carbocycles. The van der Waals surface area contributed by atoms with Gasteiger partial charge in [0.1, 0.15) is 11.3 Å². The lowest BCUT2D eigenvalue weighted by atomic mass is 10.2. The third-order valence-electron chi connectivity index (χ3n) is 2.93. The highest BCUT2D eigenvalue weighted by Crippen LogP contribution is 2.12. The number of nitrogens with one attached hydrogen (secondary N) is 2. The number of pyridine rings is 2. The van der Waals surface area contributed by atoms with Crippen molar-refractivity contribution in [1.82, 2.24) is 19.9 Å². The summed E-state index contributed by atoms with van der Waals surface area (Å²) in [6.45, 7) is 0. The number of fused-ring (bicyclic) bond motifs is 2. The first-order valence-corrected chi connectivity index (χ1v) is 6.14. The van der Waals surface area contributed by atoms with Crippen LogP contribution >= 0.6 is 0 Å². The smallest absolute Gasteiger partial charge is 0.152 e. The van der Waals surface area contributed by atoms with Gasteiger partial charge in [0.05, 0.1) is 0 Å². The van der Waals surface area contributed by atoms with Crippen molar-refractivity contribution in [2.45, 2.75) is 0 Å². The van der Waals surface area contributed by atoms with Crippen LogP contribution in [-0.2, 0) is 0 Å². The van der Waals surface area contributed by atoms with E-state index in [0.717, 1.165) is 28.4 Å². The standard InChI is InChI=1S/C8H6N2O.C7H6N2/c11-5-6-4-10-8-7(6)2-1-3-9-8;1-2-6-3-5-9-7(6)8-4-1/h1-5H,(H,9,10);1-5H,(H,8,9). The maximum absolute atomic E-state index is 10.4. The highest BCUT2D eigenvalue weighted by Gasteiger charge is 2.00. The number of hydrogen-bond acceptors (Lipinski definition) is 3. The minimum absolute atomic E-state index is 0.660. The number of rotatable bonds is 1. The number of H-pyrrole nitrogens is 2. The lowest BCUT2D eigenvalue weighted by Gasteiger charge is -1.85. The molecule has 5 nitrogen and oxygen atoms in total. The van der Waals surface area contributed by atoms with Gasteiger partial charge in [-0.05, 0) is 30.3 Å². The Labute approximate surface area is 114 Å². The summed E-state index contributed by atoms with van der Waals surface area (Å²) in [6, 6.07) is 9.63. The molecule has 4 aromatic heterocycles. The first-order chi connectivity index (χ1) is 9.88. The molecule has 0 saturated carbocycles. The van der Waals surface area contributed by atoms with Crippen molar-refractivity contribution in [3.05, 3.63) is 60.7 Å². The van der Waals surface area contributed by atoms with Gasteiger partial charge in [0.2, 0.25) is 0 Å². The molecule has 2 N–H and O–H groups in total. The molecular formula is C15H12N4O. The summed E-state index contributed by atoms with van der Waals surface area (Å²) in [7, 11) is 0. The van der Waals surface area contributed by atoms with Gasteiger partial charge in [0.15, 0.2) is 6.29 Å². The quantitative estimate of drug-likeness (QED) is 0.519. The van der Waals surface area contributed by atoms with E-state index in [4.69, 9.17) is 0 Å². The van der Waals surface area contributed by atoms with Crippen LogP contribution in [-0.4, -0.2) is 26.2 Å². The fourth-order valence-corrected chi connectivity index (χ4v) is 1.96. The van der Waals surface area contributed by atoms with Crippen LogP contribution in [0.25, 0.3) is 22.1 Å². The van der Waals surface area contributed by atoms with Gasteiger partial charge in [-0.3, -0.25) is 4.79 Å². The zero-order valence-electron chi connectivity index (χ0n) is 10.6. The summed E-state index contributed by atoms with van der Waals surface area (Å²) in [4.78, 5) is 24.5. The minimum atomic E-state index is 0.660. The Balaban J connectivity index is 0.000000123. The maximum Gasteiger partial charge on any atom is 0.152 e. The summed E-state index contributed by atoms with van der Waals surface area (Å²) in [6.07, 6.45) is 7.83. The molecular weight excluding hydrogens is 252 g/mol. The van der Waals surface area contributed by atoms with Crippen molar-refractivity contribution >= 4 is 28.4 Å². The first kappa shape index (κ1) is 12.1. The third kappa shape index (κ3) is 2.29. The highest BCUT2D eigenvalue weighted by atomic mass is 16.1. The number of hydrogen-bond donors (Lipinski definition) is 2. The molecule has 0 unspecified atom stereocenters. The SMILES string of the molecule is O=Cc1c[nH]c2ncccc12.c1cnc2[nH]ccc2c1. The Morgan fingerprint density at radius 2 is 1.75 bits per heavy atom. The fraction of sp³-hybridized carbons (Fsp3) is 0. The van der Waals surface area contributed by atoms with Crippen LogP contribution in [0.5, 0.6) is 0 Å². The van der Waals surface area contributed by atoms with Gasteiger partial charge in [0.25, 0.3) is 0 Å². The van der Waals surface area contributed by atoms with E-state index in [1.807, 2.05) is 36.5 Å². The zero-order valence-corrected chi connectivity index (χ0v) is 10.6. The van der Waals surface area contributed by atoms with Gasteiger partial charge in [-0.1, -0.05) is 0 Å². The van der Waals surface area contributed by atoms with Crippen LogP contribution in [0.15, 0.2) is 55.1 Å². The van der Waals surface area contributed by atoms with E-state index in [-0.39, 0.29) is 0 Å². The average Bonchev–Trinajstić information content (AvgIpc) is 3.14. The molecule has 0 spiro atoms. The zero-order chi connectivity index (χ0) is 13.8. The molecule has 0 bridgehead atoms. The third-order valence-corrected chi connectivity index (χ3v) is 2.93. The van der Waals surface area contributed by atoms with E-state index < -0.39 is 0 Å². The number of carbonyl (C=O) groups is 1. The van der Waals surface area contributed by atoms with Gasteiger partial charge in [-0.15, -0.1) is 0 Å². The van der Waals surface area contributed by atoms with Crippen LogP contribution in [0.3, 0.4) is 0 Å². The highest BCUT2D eigenvalue weighted by molar-refractivity contribution is 5.95. The van der Waals surface area contributed by atoms with Gasteiger partial charge < -0.3 is 9.97 Å². The second kappa shape index (κ2) is 5.36. The van der Waals surface area contributed by atoms with Crippen molar-refractivity contribution in [3.8, 4) is 0 Å². The molecule has 0 atom stereocenters. The lowest BCUT2D eigenvalue weighted by molar-refractivity contribution is 0.112. The Bertz CT molecular complexity index is 817. The normalized spacial score (nSPS) is 10.2. The van der Waals surface area contributed by atoms with Gasteiger partial charge in [0, 0.05) is 41.1 Å². The van der Waals surface area contributed by atoms with Gasteiger partial charge in [-0.2, -0.15) is 0 Å². The van der Waals surface area contributed by atoms with Crippen molar-refractivity contribution in [2.75, 3.05) is 0 Å². The number of nitrogens with zero attached hydrogens (tertiary/aromatic N) is 2. The molecule has 98 valence electrons. The summed E-state index contributed by atoms with van der Waals surface area (Å²) in [5.41, 5.74) is 2.38. The molecule has 0 fully saturated rings. The second-order valence-electron chi connectivity index (χ2n) is 4.18. The Morgan fingerprint density at radius 1 is 0.950 bits per heavy atom. The number of aromatic nitrogens is 4. The van der Waals surface area contributed by atoms with Crippen molar-refractivity contribution in [3.63, 3.8) is 0 Å². The van der Waals surface area contributed by atoms with Crippen LogP contribution in [0.1, 0.15) is 10.4 Å². The van der Waals surface area contributed by atoms with Crippen LogP contribution < -0.4 is 0 Å². The largest absolute Gasteiger partial charge is 0.346 e. The predicted octanol–water partition coefficient (Wildman–Crippen LogP) is 2.94. The Morgan fingerprint density at radius 3 is 2.55 bits per heavy atom. The van der Waals surface area contributed by atoms with Gasteiger partial charge >= 0.3 is 0 Å². The maximum atomic E-state index is 10.4. The van der Waals surface area contributed by atoms with Gasteiger partial charge in [-0.25, -0.2) is 9.97 Å². The van der Waals surface area contributed by atoms with Crippen molar-refractivity contribution in [1.29, 1.82) is 0 Å². The summed E-state index contributed by atoms with van der Waals surface area (Å²) >= 11 is 0. The van der Waals surface area contributed by atoms with E-state index in [2.05, 4.69) is 19.9 Å². The summed E-state index contributed by atoms with van der Waals surface area (Å²) in [5.74, 6) is 0. The molecule has 0 aliphatic rings. The van der Waals surface area contributed by atoms with E-state index in [1.54, 1.807) is 18.6 Å². The molecule has 4 aromatic rings. The fourth-order valence-electron chi connectivity index (χ4n) is 1.96. The topological polar surface area (TPSA) is 74.4 Å². The van der Waals surface area contributed by atoms with E-state index in [1.165, 1.54) is 0 Å². The van der Waals surface area contributed by atoms with E-state index in [9.17, 15) is 4.79 Å². The molecule has 5 heteroatoms. The van der Waals surface area contributed by atoms with Crippen molar-refractivity contribution in [2.24, 2.45) is 0 Å². The molecule has 0 aliphatic heterocycles. The van der Waals surface area contributed by atoms with Crippen molar-refractivity contribution < 1.29 is 4.79 Å². The molecule has 0 amide bonds. The lowest BCUT2D eigenvalue weighted by Crippen LogP contribution is -1.75. The Kier molecular flexibility index (Phi) is 3.24. The van der Waals surface area contributed by atoms with E-state index >= 15 is 0 Å². The Hall–Kier alpha value is -2.95. The monoisotopic (exact) mass is 264 g/mol. The number of aromatic amines is 2. The average molecular weight is 264 g/mol. The molecule has 0 saturated heterocycles. The molecule has 20 heavy (non-hydrogen) atoms. The molecule has 0 aliphatic carbocycles. The molecule has 4 rings (SSSR count). The number of carbonyl (C=O) groups excluding carboxylic acids is 1. The van der Waals surface area contributed by atoms with E-state index in [0.29, 0.717) is 5.56 Å². The minimum Gasteiger partial charge on any atom is -0.346 e. The first-order valence-electron chi connectivity index (χ1n) is 6.14. The van der Waals surface area contributed by atoms with Crippen LogP contribution in [0.2, 0.25) is 0 Å². The second-order valence-corrected chi connectivity index (χ2v) is 4.18. The summed E-state index contributed by atoms with van der Waals surface area (Å²) < 4.78 is 0.